The first-order valence-electron chi connectivity index (χ1n) is 5.77. The molecule has 2 heterocycles. The first-order chi connectivity index (χ1) is 7.86. The lowest BCUT2D eigenvalue weighted by Crippen LogP contribution is -1.81. The SMILES string of the molecule is CC.CC.Cc1cncc(-c2ccn[nH]2)c1. The third-order valence-electron chi connectivity index (χ3n) is 1.69. The molecule has 2 rings (SSSR count). The van der Waals surface area contributed by atoms with Crippen molar-refractivity contribution in [2.45, 2.75) is 34.6 Å². The van der Waals surface area contributed by atoms with E-state index >= 15 is 0 Å². The molecule has 0 radical (unpaired) electrons. The van der Waals surface area contributed by atoms with Crippen LogP contribution in [0.1, 0.15) is 33.3 Å². The van der Waals surface area contributed by atoms with Crippen LogP contribution in [0, 0.1) is 6.92 Å². The van der Waals surface area contributed by atoms with Gasteiger partial charge >= 0.3 is 0 Å². The summed E-state index contributed by atoms with van der Waals surface area (Å²) in [4.78, 5) is 4.09. The number of aromatic nitrogens is 3. The molecule has 0 amide bonds. The van der Waals surface area contributed by atoms with Gasteiger partial charge in [0.2, 0.25) is 0 Å². The topological polar surface area (TPSA) is 41.6 Å². The minimum absolute atomic E-state index is 1.01. The Hall–Kier alpha value is -1.64. The van der Waals surface area contributed by atoms with Crippen LogP contribution in [0.15, 0.2) is 30.7 Å². The fraction of sp³-hybridized carbons (Fsp3) is 0.385. The van der Waals surface area contributed by atoms with E-state index in [4.69, 9.17) is 0 Å². The zero-order valence-electron chi connectivity index (χ0n) is 10.8. The molecule has 2 aromatic heterocycles. The highest BCUT2D eigenvalue weighted by Crippen LogP contribution is 2.14. The molecule has 0 aromatic carbocycles. The summed E-state index contributed by atoms with van der Waals surface area (Å²) >= 11 is 0. The minimum atomic E-state index is 1.01. The third kappa shape index (κ3) is 4.26. The van der Waals surface area contributed by atoms with E-state index in [1.165, 1.54) is 0 Å². The second-order valence-electron chi connectivity index (χ2n) is 2.72. The molecule has 88 valence electrons. The summed E-state index contributed by atoms with van der Waals surface area (Å²) in [7, 11) is 0. The molecule has 0 saturated heterocycles. The Morgan fingerprint density at radius 2 is 1.75 bits per heavy atom. The zero-order valence-corrected chi connectivity index (χ0v) is 10.8. The van der Waals surface area contributed by atoms with Crippen molar-refractivity contribution in [2.75, 3.05) is 0 Å². The molecule has 0 atom stereocenters. The average Bonchev–Trinajstić information content (AvgIpc) is 2.88. The van der Waals surface area contributed by atoms with Gasteiger partial charge in [-0.2, -0.15) is 5.10 Å². The van der Waals surface area contributed by atoms with E-state index in [9.17, 15) is 0 Å². The van der Waals surface area contributed by atoms with Crippen LogP contribution in [0.5, 0.6) is 0 Å². The molecule has 0 fully saturated rings. The van der Waals surface area contributed by atoms with Crippen molar-refractivity contribution >= 4 is 0 Å². The zero-order chi connectivity index (χ0) is 12.4. The van der Waals surface area contributed by atoms with Crippen molar-refractivity contribution in [3.8, 4) is 11.3 Å². The lowest BCUT2D eigenvalue weighted by Gasteiger charge is -1.96. The smallest absolute Gasteiger partial charge is 0.0665 e. The van der Waals surface area contributed by atoms with E-state index in [1.807, 2.05) is 53.1 Å². The van der Waals surface area contributed by atoms with E-state index in [-0.39, 0.29) is 0 Å². The molecule has 3 heteroatoms. The summed E-state index contributed by atoms with van der Waals surface area (Å²) in [5, 5.41) is 6.77. The largest absolute Gasteiger partial charge is 0.278 e. The number of aromatic amines is 1. The number of nitrogens with one attached hydrogen (secondary N) is 1. The molecular weight excluding hydrogens is 198 g/mol. The maximum absolute atomic E-state index is 4.09. The van der Waals surface area contributed by atoms with Crippen molar-refractivity contribution in [3.05, 3.63) is 36.3 Å². The van der Waals surface area contributed by atoms with Crippen LogP contribution in [-0.2, 0) is 0 Å². The number of nitrogens with zero attached hydrogens (tertiary/aromatic N) is 2. The van der Waals surface area contributed by atoms with Gasteiger partial charge < -0.3 is 0 Å². The van der Waals surface area contributed by atoms with E-state index in [0.29, 0.717) is 0 Å². The molecule has 0 bridgehead atoms. The molecule has 3 nitrogen and oxygen atoms in total. The lowest BCUT2D eigenvalue weighted by atomic mass is 10.2. The summed E-state index contributed by atoms with van der Waals surface area (Å²) in [5.74, 6) is 0. The summed E-state index contributed by atoms with van der Waals surface area (Å²) in [6, 6.07) is 4.00. The third-order valence-corrected chi connectivity index (χ3v) is 1.69. The van der Waals surface area contributed by atoms with E-state index in [2.05, 4.69) is 21.2 Å². The number of hydrogen-bond donors (Lipinski definition) is 1. The first kappa shape index (κ1) is 14.4. The van der Waals surface area contributed by atoms with Gasteiger partial charge in [0.1, 0.15) is 0 Å². The van der Waals surface area contributed by atoms with E-state index in [1.54, 1.807) is 6.20 Å². The predicted octanol–water partition coefficient (Wildman–Crippen LogP) is 3.83. The van der Waals surface area contributed by atoms with Crippen molar-refractivity contribution in [1.82, 2.24) is 15.2 Å². The normalized spacial score (nSPS) is 8.31. The van der Waals surface area contributed by atoms with Crippen LogP contribution >= 0.6 is 0 Å². The summed E-state index contributed by atoms with van der Waals surface area (Å²) in [5.41, 5.74) is 3.24. The van der Waals surface area contributed by atoms with Crippen molar-refractivity contribution in [1.29, 1.82) is 0 Å². The molecule has 0 aliphatic rings. The molecule has 1 N–H and O–H groups in total. The van der Waals surface area contributed by atoms with Gasteiger partial charge in [-0.05, 0) is 24.6 Å². The Kier molecular flexibility index (Phi) is 7.76. The predicted molar refractivity (Wildman–Crippen MR) is 69.3 cm³/mol. The quantitative estimate of drug-likeness (QED) is 0.792. The minimum Gasteiger partial charge on any atom is -0.278 e. The van der Waals surface area contributed by atoms with Gasteiger partial charge in [-0.25, -0.2) is 0 Å². The Morgan fingerprint density at radius 1 is 1.06 bits per heavy atom. The number of hydrogen-bond acceptors (Lipinski definition) is 2. The van der Waals surface area contributed by atoms with Gasteiger partial charge in [0.25, 0.3) is 0 Å². The number of aryl methyl sites for hydroxylation is 1. The summed E-state index contributed by atoms with van der Waals surface area (Å²) in [6.07, 6.45) is 5.39. The van der Waals surface area contributed by atoms with E-state index in [0.717, 1.165) is 16.8 Å². The highest BCUT2D eigenvalue weighted by molar-refractivity contribution is 5.57. The summed E-state index contributed by atoms with van der Waals surface area (Å²) in [6.45, 7) is 10.0. The average molecular weight is 219 g/mol. The maximum Gasteiger partial charge on any atom is 0.0665 e. The van der Waals surface area contributed by atoms with Gasteiger partial charge in [0.15, 0.2) is 0 Å². The molecule has 0 aliphatic carbocycles. The number of rotatable bonds is 1. The standard InChI is InChI=1S/C9H9N3.2C2H6/c1-7-4-8(6-10-5-7)9-2-3-11-12-9;2*1-2/h2-6H,1H3,(H,11,12);2*1-2H3. The molecular formula is C13H21N3. The van der Waals surface area contributed by atoms with Crippen LogP contribution in [-0.4, -0.2) is 15.2 Å². The highest BCUT2D eigenvalue weighted by Gasteiger charge is 1.97. The van der Waals surface area contributed by atoms with Crippen molar-refractivity contribution < 1.29 is 0 Å². The molecule has 0 spiro atoms. The molecule has 0 aliphatic heterocycles. The maximum atomic E-state index is 4.09. The Morgan fingerprint density at radius 3 is 2.25 bits per heavy atom. The van der Waals surface area contributed by atoms with Crippen LogP contribution in [0.25, 0.3) is 11.3 Å². The Bertz CT molecular complexity index is 366. The molecule has 2 aromatic rings. The molecule has 0 unspecified atom stereocenters. The number of H-pyrrole nitrogens is 1. The van der Waals surface area contributed by atoms with Crippen LogP contribution < -0.4 is 0 Å². The number of pyridine rings is 1. The van der Waals surface area contributed by atoms with Gasteiger partial charge in [-0.1, -0.05) is 27.7 Å². The molecule has 0 saturated carbocycles. The first-order valence-corrected chi connectivity index (χ1v) is 5.77. The fourth-order valence-corrected chi connectivity index (χ4v) is 1.12. The van der Waals surface area contributed by atoms with Crippen molar-refractivity contribution in [2.24, 2.45) is 0 Å². The summed E-state index contributed by atoms with van der Waals surface area (Å²) < 4.78 is 0. The van der Waals surface area contributed by atoms with Crippen LogP contribution in [0.4, 0.5) is 0 Å². The monoisotopic (exact) mass is 219 g/mol. The van der Waals surface area contributed by atoms with Gasteiger partial charge in [0.05, 0.1) is 5.69 Å². The van der Waals surface area contributed by atoms with Gasteiger partial charge in [-0.3, -0.25) is 10.1 Å². The second kappa shape index (κ2) is 8.65. The van der Waals surface area contributed by atoms with Crippen molar-refractivity contribution in [3.63, 3.8) is 0 Å². The van der Waals surface area contributed by atoms with E-state index < -0.39 is 0 Å². The second-order valence-corrected chi connectivity index (χ2v) is 2.72. The fourth-order valence-electron chi connectivity index (χ4n) is 1.12. The van der Waals surface area contributed by atoms with Gasteiger partial charge in [-0.15, -0.1) is 0 Å². The lowest BCUT2D eigenvalue weighted by molar-refractivity contribution is 1.09. The molecule has 16 heavy (non-hydrogen) atoms. The van der Waals surface area contributed by atoms with Crippen LogP contribution in [0.2, 0.25) is 0 Å². The highest BCUT2D eigenvalue weighted by atomic mass is 15.1. The van der Waals surface area contributed by atoms with Crippen LogP contribution in [0.3, 0.4) is 0 Å². The Labute approximate surface area is 97.9 Å². The van der Waals surface area contributed by atoms with Gasteiger partial charge in [0, 0.05) is 24.2 Å². The Balaban J connectivity index is 0.000000509.